The molecule has 8 rings (SSSR count). The number of piperazine rings is 2. The van der Waals surface area contributed by atoms with E-state index in [1.54, 1.807) is 13.0 Å². The topological polar surface area (TPSA) is 94.7 Å². The normalized spacial score (nSPS) is 35.9. The second-order valence-corrected chi connectivity index (χ2v) is 20.6. The standard InChI is InChI=1S/C44H60ClN5O5S/c1-30-8-6-17-44(54-4,28-47-18-19-48-20-21-49(32(3)51)26-37(48)25-47)39-13-10-35(39)24-50-27-43(16-7-9-33-22-36(45)12-14-38(33)43)29-55-41-15-11-34(23-40(41)50)42(52)46-56(5,53)31(30)2/h6,11-12,14-15,17,22-23,30-31,35,37,39H,5,7-10,13,16,18-21,24-29H2,1-4H3,(H,46,52,53)/b17-6+/t30-,31+,35-,37?,39+,43-,44-,56?/m0/s1. The third-order valence-electron chi connectivity index (χ3n) is 14.4. The first kappa shape index (κ1) is 39.7. The van der Waals surface area contributed by atoms with E-state index in [2.05, 4.69) is 56.5 Å². The van der Waals surface area contributed by atoms with Gasteiger partial charge in [0.05, 0.1) is 22.0 Å². The third kappa shape index (κ3) is 7.51. The summed E-state index contributed by atoms with van der Waals surface area (Å²) in [7, 11) is -1.11. The van der Waals surface area contributed by atoms with Gasteiger partial charge in [-0.2, -0.15) is 0 Å². The average molecular weight is 807 g/mol. The summed E-state index contributed by atoms with van der Waals surface area (Å²) < 4.78 is 30.5. The Kier molecular flexibility index (Phi) is 11.1. The minimum atomic E-state index is -2.99. The lowest BCUT2D eigenvalue weighted by Gasteiger charge is -2.53. The van der Waals surface area contributed by atoms with Gasteiger partial charge in [-0.05, 0) is 111 Å². The summed E-state index contributed by atoms with van der Waals surface area (Å²) in [5.74, 6) is 5.21. The summed E-state index contributed by atoms with van der Waals surface area (Å²) in [6.07, 6.45) is 10.4. The number of carbonyl (C=O) groups excluding carboxylic acids is 2. The maximum Gasteiger partial charge on any atom is 0.262 e. The number of halogens is 1. The number of carbonyl (C=O) groups is 2. The Balaban J connectivity index is 1.17. The largest absolute Gasteiger partial charge is 0.490 e. The van der Waals surface area contributed by atoms with E-state index in [0.717, 1.165) is 107 Å². The van der Waals surface area contributed by atoms with Crippen LogP contribution in [-0.2, 0) is 31.1 Å². The number of ether oxygens (including phenoxy) is 2. The highest BCUT2D eigenvalue weighted by molar-refractivity contribution is 7.99. The maximum atomic E-state index is 14.1. The Bertz CT molecular complexity index is 1980. The highest BCUT2D eigenvalue weighted by atomic mass is 35.5. The van der Waals surface area contributed by atoms with Gasteiger partial charge < -0.3 is 19.3 Å². The van der Waals surface area contributed by atoms with E-state index in [9.17, 15) is 13.8 Å². The van der Waals surface area contributed by atoms with Crippen molar-refractivity contribution in [3.05, 3.63) is 70.3 Å². The summed E-state index contributed by atoms with van der Waals surface area (Å²) in [5.41, 5.74) is 3.14. The minimum absolute atomic E-state index is 0.0000689. The van der Waals surface area contributed by atoms with Crippen molar-refractivity contribution < 1.29 is 23.3 Å². The first-order valence-electron chi connectivity index (χ1n) is 20.7. The number of rotatable bonds is 3. The summed E-state index contributed by atoms with van der Waals surface area (Å²) in [6, 6.07) is 12.3. The fourth-order valence-electron chi connectivity index (χ4n) is 10.7. The molecule has 304 valence electrons. The van der Waals surface area contributed by atoms with Crippen LogP contribution in [0.25, 0.3) is 0 Å². The van der Waals surface area contributed by atoms with Crippen LogP contribution in [0.2, 0.25) is 5.02 Å². The van der Waals surface area contributed by atoms with E-state index < -0.39 is 15.3 Å². The number of nitrogens with one attached hydrogen (secondary N) is 1. The molecule has 2 saturated heterocycles. The number of amides is 2. The Morgan fingerprint density at radius 1 is 1.09 bits per heavy atom. The van der Waals surface area contributed by atoms with Crippen molar-refractivity contribution in [3.8, 4) is 5.75 Å². The molecule has 12 heteroatoms. The van der Waals surface area contributed by atoms with Crippen LogP contribution in [0.5, 0.6) is 5.75 Å². The van der Waals surface area contributed by atoms with Crippen LogP contribution in [0.15, 0.2) is 48.6 Å². The molecule has 56 heavy (non-hydrogen) atoms. The molecule has 2 aromatic rings. The zero-order chi connectivity index (χ0) is 39.4. The summed E-state index contributed by atoms with van der Waals surface area (Å²) in [5, 5.41) is 0.397. The lowest BCUT2D eigenvalue weighted by Crippen LogP contribution is -2.65. The zero-order valence-corrected chi connectivity index (χ0v) is 35.2. The molecule has 10 nitrogen and oxygen atoms in total. The fraction of sp³-hybridized carbons (Fsp3) is 0.614. The number of fused-ring (bicyclic) bond motifs is 5. The molecule has 1 saturated carbocycles. The van der Waals surface area contributed by atoms with E-state index in [1.165, 1.54) is 11.1 Å². The van der Waals surface area contributed by atoms with Gasteiger partial charge >= 0.3 is 0 Å². The Labute approximate surface area is 339 Å². The second kappa shape index (κ2) is 15.6. The Hall–Kier alpha value is -3.09. The number of allylic oxidation sites excluding steroid dienone is 1. The SMILES string of the molecule is C=S1(=O)NC(=O)c2ccc3c(c2)N(C[C@@H]2CC[C@H]2[C@](CN2CCN4CCN(C(C)=O)CC4C2)(OC)/C=C/C[C@H](C)[C@H]1C)C[C@@]1(CCCc2cc(Cl)ccc21)CO3. The molecule has 2 aromatic carbocycles. The maximum absolute atomic E-state index is 14.1. The number of aryl methyl sites for hydroxylation is 1. The fourth-order valence-corrected chi connectivity index (χ4v) is 12.4. The third-order valence-corrected chi connectivity index (χ3v) is 16.9. The molecule has 6 aliphatic rings. The van der Waals surface area contributed by atoms with Crippen molar-refractivity contribution >= 4 is 44.7 Å². The van der Waals surface area contributed by atoms with Gasteiger partial charge in [0.25, 0.3) is 5.91 Å². The van der Waals surface area contributed by atoms with E-state index in [0.29, 0.717) is 30.6 Å². The molecule has 2 bridgehead atoms. The highest BCUT2D eigenvalue weighted by Crippen LogP contribution is 2.49. The molecule has 8 atom stereocenters. The number of hydrogen-bond acceptors (Lipinski definition) is 8. The quantitative estimate of drug-likeness (QED) is 0.325. The smallest absolute Gasteiger partial charge is 0.262 e. The van der Waals surface area contributed by atoms with E-state index in [4.69, 9.17) is 21.1 Å². The molecule has 4 aliphatic heterocycles. The molecule has 0 radical (unpaired) electrons. The van der Waals surface area contributed by atoms with Crippen LogP contribution in [0, 0.1) is 17.8 Å². The molecule has 3 fully saturated rings. The predicted molar refractivity (Wildman–Crippen MR) is 225 cm³/mol. The van der Waals surface area contributed by atoms with Crippen LogP contribution in [-0.4, -0.2) is 126 Å². The summed E-state index contributed by atoms with van der Waals surface area (Å²) in [4.78, 5) is 35.8. The zero-order valence-electron chi connectivity index (χ0n) is 33.6. The summed E-state index contributed by atoms with van der Waals surface area (Å²) >= 11 is 6.53. The van der Waals surface area contributed by atoms with Crippen LogP contribution >= 0.6 is 11.6 Å². The van der Waals surface area contributed by atoms with Gasteiger partial charge in [-0.1, -0.05) is 36.7 Å². The Morgan fingerprint density at radius 2 is 1.91 bits per heavy atom. The van der Waals surface area contributed by atoms with Gasteiger partial charge in [-0.3, -0.25) is 24.1 Å². The van der Waals surface area contributed by atoms with Crippen molar-refractivity contribution in [2.24, 2.45) is 17.8 Å². The van der Waals surface area contributed by atoms with E-state index in [-0.39, 0.29) is 34.3 Å². The lowest BCUT2D eigenvalue weighted by molar-refractivity contribution is -0.134. The monoisotopic (exact) mass is 805 g/mol. The van der Waals surface area contributed by atoms with Crippen molar-refractivity contribution in [1.29, 1.82) is 0 Å². The van der Waals surface area contributed by atoms with E-state index >= 15 is 0 Å². The number of nitrogens with zero attached hydrogens (tertiary/aromatic N) is 4. The first-order valence-corrected chi connectivity index (χ1v) is 22.9. The van der Waals surface area contributed by atoms with Gasteiger partial charge in [-0.25, -0.2) is 4.21 Å². The van der Waals surface area contributed by atoms with Crippen LogP contribution in [0.1, 0.15) is 74.4 Å². The number of hydrogen-bond donors (Lipinski definition) is 1. The number of benzene rings is 2. The van der Waals surface area contributed by atoms with Gasteiger partial charge in [0, 0.05) is 100 Å². The van der Waals surface area contributed by atoms with Gasteiger partial charge in [0.2, 0.25) is 5.91 Å². The minimum Gasteiger partial charge on any atom is -0.490 e. The average Bonchev–Trinajstić information content (AvgIpc) is 3.31. The molecule has 0 aromatic heterocycles. The second-order valence-electron chi connectivity index (χ2n) is 17.8. The number of anilines is 1. The van der Waals surface area contributed by atoms with Gasteiger partial charge in [-0.15, -0.1) is 0 Å². The predicted octanol–water partition coefficient (Wildman–Crippen LogP) is 5.42. The van der Waals surface area contributed by atoms with Crippen molar-refractivity contribution in [3.63, 3.8) is 0 Å². The highest BCUT2D eigenvalue weighted by Gasteiger charge is 2.50. The van der Waals surface area contributed by atoms with Crippen molar-refractivity contribution in [2.45, 2.75) is 81.6 Å². The van der Waals surface area contributed by atoms with Gasteiger partial charge in [0.15, 0.2) is 0 Å². The van der Waals surface area contributed by atoms with Crippen LogP contribution < -0.4 is 14.4 Å². The van der Waals surface area contributed by atoms with E-state index in [1.807, 2.05) is 37.1 Å². The molecule has 1 spiro atoms. The van der Waals surface area contributed by atoms with Crippen LogP contribution in [0.3, 0.4) is 0 Å². The molecular formula is C44H60ClN5O5S. The molecule has 1 N–H and O–H groups in total. The molecule has 2 amide bonds. The summed E-state index contributed by atoms with van der Waals surface area (Å²) in [6.45, 7) is 13.8. The first-order chi connectivity index (χ1) is 26.8. The Morgan fingerprint density at radius 3 is 2.68 bits per heavy atom. The van der Waals surface area contributed by atoms with Crippen LogP contribution in [0.4, 0.5) is 5.69 Å². The van der Waals surface area contributed by atoms with Gasteiger partial charge in [0.1, 0.15) is 11.4 Å². The molecule has 2 unspecified atom stereocenters. The molecule has 2 aliphatic carbocycles. The number of methoxy groups -OCH3 is 1. The molecule has 4 heterocycles. The lowest BCUT2D eigenvalue weighted by atomic mass is 9.63. The van der Waals surface area contributed by atoms with Crippen molar-refractivity contribution in [1.82, 2.24) is 19.4 Å². The molecular weight excluding hydrogens is 746 g/mol. The van der Waals surface area contributed by atoms with Crippen molar-refractivity contribution in [2.75, 3.05) is 77.5 Å².